The van der Waals surface area contributed by atoms with Gasteiger partial charge in [0.2, 0.25) is 0 Å². The molecule has 5 heteroatoms. The van der Waals surface area contributed by atoms with Crippen LogP contribution in [0.5, 0.6) is 0 Å². The minimum Gasteiger partial charge on any atom is -0.445 e. The first-order valence-corrected chi connectivity index (χ1v) is 8.05. The van der Waals surface area contributed by atoms with Crippen LogP contribution in [-0.4, -0.2) is 36.7 Å². The van der Waals surface area contributed by atoms with E-state index >= 15 is 0 Å². The first-order chi connectivity index (χ1) is 11.3. The van der Waals surface area contributed by atoms with E-state index < -0.39 is 0 Å². The highest BCUT2D eigenvalue weighted by Gasteiger charge is 2.27. The predicted octanol–water partition coefficient (Wildman–Crippen LogP) is 3.26. The van der Waals surface area contributed by atoms with Gasteiger partial charge in [-0.05, 0) is 17.5 Å². The molecule has 0 bridgehead atoms. The molecular formula is C19H23ClN2O2. The highest BCUT2D eigenvalue weighted by molar-refractivity contribution is 5.85. The number of rotatable bonds is 4. The SMILES string of the molecule is Cl.O=C(OCc1ccccc1)N1CCNCC1Cc1ccccc1. The van der Waals surface area contributed by atoms with Gasteiger partial charge in [-0.15, -0.1) is 12.4 Å². The second kappa shape index (κ2) is 9.30. The van der Waals surface area contributed by atoms with Crippen molar-refractivity contribution in [1.29, 1.82) is 0 Å². The second-order valence-electron chi connectivity index (χ2n) is 5.78. The number of ether oxygens (including phenoxy) is 1. The normalized spacial score (nSPS) is 17.0. The zero-order chi connectivity index (χ0) is 15.9. The summed E-state index contributed by atoms with van der Waals surface area (Å²) in [5, 5.41) is 3.36. The van der Waals surface area contributed by atoms with Crippen molar-refractivity contribution in [3.05, 3.63) is 71.8 Å². The molecule has 3 rings (SSSR count). The molecule has 1 aliphatic rings. The third-order valence-corrected chi connectivity index (χ3v) is 4.10. The number of carbonyl (C=O) groups excluding carboxylic acids is 1. The van der Waals surface area contributed by atoms with Crippen molar-refractivity contribution in [2.24, 2.45) is 0 Å². The number of hydrogen-bond acceptors (Lipinski definition) is 3. The molecule has 1 amide bonds. The van der Waals surface area contributed by atoms with Gasteiger partial charge in [-0.3, -0.25) is 0 Å². The molecule has 2 aromatic carbocycles. The van der Waals surface area contributed by atoms with E-state index in [1.54, 1.807) is 0 Å². The molecule has 1 unspecified atom stereocenters. The van der Waals surface area contributed by atoms with Crippen LogP contribution in [0.2, 0.25) is 0 Å². The quantitative estimate of drug-likeness (QED) is 0.923. The highest BCUT2D eigenvalue weighted by atomic mass is 35.5. The summed E-state index contributed by atoms with van der Waals surface area (Å²) in [5.74, 6) is 0. The van der Waals surface area contributed by atoms with E-state index in [-0.39, 0.29) is 24.5 Å². The van der Waals surface area contributed by atoms with E-state index in [9.17, 15) is 4.79 Å². The second-order valence-corrected chi connectivity index (χ2v) is 5.78. The number of hydrogen-bond donors (Lipinski definition) is 1. The molecule has 2 aromatic rings. The molecule has 1 heterocycles. The third kappa shape index (κ3) is 4.98. The molecule has 24 heavy (non-hydrogen) atoms. The molecule has 1 fully saturated rings. The minimum absolute atomic E-state index is 0. The number of halogens is 1. The van der Waals surface area contributed by atoms with Gasteiger partial charge in [0.25, 0.3) is 0 Å². The number of nitrogens with zero attached hydrogens (tertiary/aromatic N) is 1. The Bertz CT molecular complexity index is 622. The van der Waals surface area contributed by atoms with Crippen LogP contribution in [0.3, 0.4) is 0 Å². The molecule has 1 saturated heterocycles. The largest absolute Gasteiger partial charge is 0.445 e. The lowest BCUT2D eigenvalue weighted by molar-refractivity contribution is 0.0722. The Morgan fingerprint density at radius 1 is 1.04 bits per heavy atom. The van der Waals surface area contributed by atoms with Crippen molar-refractivity contribution in [3.8, 4) is 0 Å². The van der Waals surface area contributed by atoms with Crippen molar-refractivity contribution in [1.82, 2.24) is 10.2 Å². The van der Waals surface area contributed by atoms with Gasteiger partial charge >= 0.3 is 6.09 Å². The summed E-state index contributed by atoms with van der Waals surface area (Å²) in [5.41, 5.74) is 2.25. The fraction of sp³-hybridized carbons (Fsp3) is 0.316. The topological polar surface area (TPSA) is 41.6 Å². The highest BCUT2D eigenvalue weighted by Crippen LogP contribution is 2.13. The summed E-state index contributed by atoms with van der Waals surface area (Å²) < 4.78 is 5.49. The van der Waals surface area contributed by atoms with Crippen LogP contribution in [-0.2, 0) is 17.8 Å². The van der Waals surface area contributed by atoms with Crippen molar-refractivity contribution >= 4 is 18.5 Å². The fourth-order valence-electron chi connectivity index (χ4n) is 2.87. The maximum atomic E-state index is 12.4. The molecular weight excluding hydrogens is 324 g/mol. The predicted molar refractivity (Wildman–Crippen MR) is 97.4 cm³/mol. The molecule has 0 radical (unpaired) electrons. The summed E-state index contributed by atoms with van der Waals surface area (Å²) >= 11 is 0. The number of piperazine rings is 1. The maximum Gasteiger partial charge on any atom is 0.410 e. The minimum atomic E-state index is -0.226. The Balaban J connectivity index is 0.00000208. The Morgan fingerprint density at radius 2 is 1.67 bits per heavy atom. The van der Waals surface area contributed by atoms with Crippen molar-refractivity contribution in [3.63, 3.8) is 0 Å². The van der Waals surface area contributed by atoms with Crippen molar-refractivity contribution in [2.45, 2.75) is 19.1 Å². The van der Waals surface area contributed by atoms with E-state index in [2.05, 4.69) is 17.4 Å². The standard InChI is InChI=1S/C19H22N2O2.ClH/c22-19(23-15-17-9-5-2-6-10-17)21-12-11-20-14-18(21)13-16-7-3-1-4-8-16;/h1-10,18,20H,11-15H2;1H. The molecule has 1 aliphatic heterocycles. The van der Waals surface area contributed by atoms with Crippen LogP contribution in [0, 0.1) is 0 Å². The van der Waals surface area contributed by atoms with Gasteiger partial charge in [0, 0.05) is 19.6 Å². The van der Waals surface area contributed by atoms with E-state index in [4.69, 9.17) is 4.74 Å². The Kier molecular flexibility index (Phi) is 7.09. The number of amides is 1. The molecule has 0 saturated carbocycles. The van der Waals surface area contributed by atoms with Crippen molar-refractivity contribution < 1.29 is 9.53 Å². The molecule has 0 aliphatic carbocycles. The first kappa shape index (κ1) is 18.3. The Labute approximate surface area is 149 Å². The molecule has 0 aromatic heterocycles. The number of benzene rings is 2. The molecule has 4 nitrogen and oxygen atoms in total. The summed E-state index contributed by atoms with van der Waals surface area (Å²) in [6.45, 7) is 2.62. The number of nitrogens with one attached hydrogen (secondary N) is 1. The van der Waals surface area contributed by atoms with E-state index in [1.807, 2.05) is 53.4 Å². The molecule has 1 atom stereocenters. The lowest BCUT2D eigenvalue weighted by Crippen LogP contribution is -2.54. The molecule has 1 N–H and O–H groups in total. The monoisotopic (exact) mass is 346 g/mol. The van der Waals surface area contributed by atoms with Crippen LogP contribution in [0.25, 0.3) is 0 Å². The average molecular weight is 347 g/mol. The van der Waals surface area contributed by atoms with Crippen LogP contribution < -0.4 is 5.32 Å². The van der Waals surface area contributed by atoms with Gasteiger partial charge in [-0.2, -0.15) is 0 Å². The molecule has 0 spiro atoms. The third-order valence-electron chi connectivity index (χ3n) is 4.10. The molecule has 128 valence electrons. The van der Waals surface area contributed by atoms with Crippen LogP contribution in [0.15, 0.2) is 60.7 Å². The van der Waals surface area contributed by atoms with Gasteiger partial charge in [-0.1, -0.05) is 60.7 Å². The van der Waals surface area contributed by atoms with Gasteiger partial charge < -0.3 is 15.0 Å². The summed E-state index contributed by atoms with van der Waals surface area (Å²) in [6.07, 6.45) is 0.616. The lowest BCUT2D eigenvalue weighted by atomic mass is 10.0. The Morgan fingerprint density at radius 3 is 2.33 bits per heavy atom. The number of carbonyl (C=O) groups is 1. The van der Waals surface area contributed by atoms with Gasteiger partial charge in [0.1, 0.15) is 6.61 Å². The zero-order valence-corrected chi connectivity index (χ0v) is 14.4. The first-order valence-electron chi connectivity index (χ1n) is 8.05. The van der Waals surface area contributed by atoms with Gasteiger partial charge in [0.05, 0.1) is 6.04 Å². The van der Waals surface area contributed by atoms with E-state index in [1.165, 1.54) is 5.56 Å². The van der Waals surface area contributed by atoms with Crippen molar-refractivity contribution in [2.75, 3.05) is 19.6 Å². The summed E-state index contributed by atoms with van der Waals surface area (Å²) in [6, 6.07) is 20.2. The van der Waals surface area contributed by atoms with E-state index in [0.717, 1.165) is 25.1 Å². The van der Waals surface area contributed by atoms with E-state index in [0.29, 0.717) is 13.2 Å². The zero-order valence-electron chi connectivity index (χ0n) is 13.6. The van der Waals surface area contributed by atoms with Crippen LogP contribution >= 0.6 is 12.4 Å². The maximum absolute atomic E-state index is 12.4. The van der Waals surface area contributed by atoms with Crippen LogP contribution in [0.4, 0.5) is 4.79 Å². The Hall–Kier alpha value is -2.04. The average Bonchev–Trinajstić information content (AvgIpc) is 2.62. The smallest absolute Gasteiger partial charge is 0.410 e. The lowest BCUT2D eigenvalue weighted by Gasteiger charge is -2.35. The summed E-state index contributed by atoms with van der Waals surface area (Å²) in [4.78, 5) is 14.3. The van der Waals surface area contributed by atoms with Gasteiger partial charge in [0.15, 0.2) is 0 Å². The fourth-order valence-corrected chi connectivity index (χ4v) is 2.87. The van der Waals surface area contributed by atoms with Gasteiger partial charge in [-0.25, -0.2) is 4.79 Å². The summed E-state index contributed by atoms with van der Waals surface area (Å²) in [7, 11) is 0. The van der Waals surface area contributed by atoms with Crippen LogP contribution in [0.1, 0.15) is 11.1 Å².